The van der Waals surface area contributed by atoms with Gasteiger partial charge in [0.2, 0.25) is 10.0 Å². The average Bonchev–Trinajstić information content (AvgIpc) is 2.45. The summed E-state index contributed by atoms with van der Waals surface area (Å²) in [7, 11) is -0.172. The maximum Gasteiger partial charge on any atom is 0.321 e. The van der Waals surface area contributed by atoms with Gasteiger partial charge in [-0.3, -0.25) is 4.79 Å². The lowest BCUT2D eigenvalue weighted by Gasteiger charge is -2.17. The molecule has 118 valence electrons. The first kappa shape index (κ1) is 16.3. The van der Waals surface area contributed by atoms with E-state index in [2.05, 4.69) is 4.72 Å². The number of nitrogens with zero attached hydrogens (tertiary/aromatic N) is 1. The van der Waals surface area contributed by atoms with Crippen LogP contribution in [-0.2, 0) is 14.8 Å². The Hall–Kier alpha value is -2.12. The molecule has 0 aliphatic carbocycles. The van der Waals surface area contributed by atoms with E-state index in [4.69, 9.17) is 5.11 Å². The van der Waals surface area contributed by atoms with Gasteiger partial charge < -0.3 is 10.0 Å². The minimum Gasteiger partial charge on any atom is -0.480 e. The molecule has 0 saturated carbocycles. The third-order valence-corrected chi connectivity index (χ3v) is 4.93. The molecule has 0 spiro atoms. The number of anilines is 1. The largest absolute Gasteiger partial charge is 0.480 e. The van der Waals surface area contributed by atoms with Crippen molar-refractivity contribution >= 4 is 32.5 Å². The molecule has 7 heteroatoms. The van der Waals surface area contributed by atoms with Crippen molar-refractivity contribution in [3.8, 4) is 0 Å². The maximum absolute atomic E-state index is 12.5. The molecule has 2 aromatic rings. The highest BCUT2D eigenvalue weighted by Gasteiger charge is 2.23. The summed E-state index contributed by atoms with van der Waals surface area (Å²) in [6, 6.07) is 9.14. The van der Waals surface area contributed by atoms with Crippen LogP contribution in [0.4, 0.5) is 5.69 Å². The number of carbonyl (C=O) groups is 1. The first-order valence-corrected chi connectivity index (χ1v) is 8.16. The zero-order valence-corrected chi connectivity index (χ0v) is 13.4. The van der Waals surface area contributed by atoms with Crippen LogP contribution in [0.5, 0.6) is 0 Å². The summed E-state index contributed by atoms with van der Waals surface area (Å²) in [5.41, 5.74) is 0.890. The summed E-state index contributed by atoms with van der Waals surface area (Å²) in [5.74, 6) is -1.22. The van der Waals surface area contributed by atoms with E-state index in [1.807, 2.05) is 31.1 Å². The highest BCUT2D eigenvalue weighted by molar-refractivity contribution is 7.89. The molecule has 6 nitrogen and oxygen atoms in total. The van der Waals surface area contributed by atoms with Crippen molar-refractivity contribution in [2.75, 3.05) is 19.0 Å². The molecule has 0 aliphatic rings. The van der Waals surface area contributed by atoms with Crippen LogP contribution < -0.4 is 9.62 Å². The van der Waals surface area contributed by atoms with Gasteiger partial charge in [-0.15, -0.1) is 0 Å². The van der Waals surface area contributed by atoms with Crippen LogP contribution >= 0.6 is 0 Å². The first-order valence-electron chi connectivity index (χ1n) is 6.68. The third kappa shape index (κ3) is 3.05. The summed E-state index contributed by atoms with van der Waals surface area (Å²) in [4.78, 5) is 12.8. The lowest BCUT2D eigenvalue weighted by Crippen LogP contribution is -2.38. The van der Waals surface area contributed by atoms with Gasteiger partial charge in [-0.2, -0.15) is 4.72 Å². The number of hydrogen-bond donors (Lipinski definition) is 2. The Bertz CT molecular complexity index is 815. The molecule has 0 unspecified atom stereocenters. The normalized spacial score (nSPS) is 13.0. The molecule has 1 atom stereocenters. The molecule has 0 heterocycles. The standard InChI is InChI=1S/C15H18N2O4S/c1-10(15(18)19)16-22(20,21)14-9-5-6-11-12(14)7-4-8-13(11)17(2)3/h4-10,16H,1-3H3,(H,18,19)/t10-/m0/s1. The van der Waals surface area contributed by atoms with Crippen LogP contribution in [0, 0.1) is 0 Å². The van der Waals surface area contributed by atoms with Crippen LogP contribution in [0.25, 0.3) is 10.8 Å². The van der Waals surface area contributed by atoms with Gasteiger partial charge in [-0.1, -0.05) is 24.3 Å². The van der Waals surface area contributed by atoms with Crippen molar-refractivity contribution in [3.05, 3.63) is 36.4 Å². The van der Waals surface area contributed by atoms with Crippen molar-refractivity contribution in [1.82, 2.24) is 4.72 Å². The SMILES string of the molecule is C[C@H](NS(=O)(=O)c1cccc2c(N(C)C)cccc12)C(=O)O. The number of hydrogen-bond acceptors (Lipinski definition) is 4. The molecule has 2 rings (SSSR count). The Morgan fingerprint density at radius 2 is 1.73 bits per heavy atom. The van der Waals surface area contributed by atoms with E-state index >= 15 is 0 Å². The number of aliphatic carboxylic acids is 1. The van der Waals surface area contributed by atoms with Crippen molar-refractivity contribution in [3.63, 3.8) is 0 Å². The van der Waals surface area contributed by atoms with Gasteiger partial charge in [-0.25, -0.2) is 8.42 Å². The van der Waals surface area contributed by atoms with Crippen LogP contribution in [0.3, 0.4) is 0 Å². The summed E-state index contributed by atoms with van der Waals surface area (Å²) in [5, 5.41) is 10.2. The van der Waals surface area contributed by atoms with Crippen LogP contribution in [-0.4, -0.2) is 39.6 Å². The Morgan fingerprint density at radius 3 is 2.32 bits per heavy atom. The van der Waals surface area contributed by atoms with Gasteiger partial charge in [0.15, 0.2) is 0 Å². The zero-order valence-electron chi connectivity index (χ0n) is 12.6. The molecule has 0 bridgehead atoms. The van der Waals surface area contributed by atoms with Gasteiger partial charge in [0.25, 0.3) is 0 Å². The predicted octanol–water partition coefficient (Wildman–Crippen LogP) is 1.66. The maximum atomic E-state index is 12.5. The fourth-order valence-electron chi connectivity index (χ4n) is 2.24. The van der Waals surface area contributed by atoms with Gasteiger partial charge in [0.1, 0.15) is 6.04 Å². The van der Waals surface area contributed by atoms with Gasteiger partial charge in [-0.05, 0) is 19.1 Å². The molecule has 0 aromatic heterocycles. The molecular formula is C15H18N2O4S. The Balaban J connectivity index is 2.62. The first-order chi connectivity index (χ1) is 10.2. The number of fused-ring (bicyclic) bond motifs is 1. The summed E-state index contributed by atoms with van der Waals surface area (Å²) < 4.78 is 27.1. The van der Waals surface area contributed by atoms with Gasteiger partial charge in [0, 0.05) is 30.6 Å². The number of rotatable bonds is 5. The molecule has 0 fully saturated rings. The van der Waals surface area contributed by atoms with Crippen LogP contribution in [0.1, 0.15) is 6.92 Å². The number of benzene rings is 2. The van der Waals surface area contributed by atoms with Crippen LogP contribution in [0.2, 0.25) is 0 Å². The van der Waals surface area contributed by atoms with Crippen molar-refractivity contribution in [2.24, 2.45) is 0 Å². The smallest absolute Gasteiger partial charge is 0.321 e. The highest BCUT2D eigenvalue weighted by atomic mass is 32.2. The fourth-order valence-corrected chi connectivity index (χ4v) is 3.65. The van der Waals surface area contributed by atoms with E-state index in [0.29, 0.717) is 5.39 Å². The van der Waals surface area contributed by atoms with E-state index in [-0.39, 0.29) is 4.90 Å². The predicted molar refractivity (Wildman–Crippen MR) is 85.7 cm³/mol. The second-order valence-electron chi connectivity index (χ2n) is 5.20. The molecule has 2 N–H and O–H groups in total. The Morgan fingerprint density at radius 1 is 1.14 bits per heavy atom. The number of carboxylic acid groups (broad SMARTS) is 1. The molecular weight excluding hydrogens is 304 g/mol. The van der Waals surface area contributed by atoms with E-state index in [1.165, 1.54) is 13.0 Å². The molecule has 0 aliphatic heterocycles. The summed E-state index contributed by atoms with van der Waals surface area (Å²) >= 11 is 0. The minimum atomic E-state index is -3.92. The van der Waals surface area contributed by atoms with Crippen molar-refractivity contribution in [1.29, 1.82) is 0 Å². The second kappa shape index (κ2) is 5.94. The molecule has 0 radical (unpaired) electrons. The molecule has 0 saturated heterocycles. The number of nitrogens with one attached hydrogen (secondary N) is 1. The van der Waals surface area contributed by atoms with E-state index in [1.54, 1.807) is 18.2 Å². The quantitative estimate of drug-likeness (QED) is 0.874. The van der Waals surface area contributed by atoms with Gasteiger partial charge in [0.05, 0.1) is 4.90 Å². The monoisotopic (exact) mass is 322 g/mol. The van der Waals surface area contributed by atoms with Gasteiger partial charge >= 0.3 is 5.97 Å². The van der Waals surface area contributed by atoms with Crippen molar-refractivity contribution in [2.45, 2.75) is 17.9 Å². The lowest BCUT2D eigenvalue weighted by molar-refractivity contribution is -0.138. The third-order valence-electron chi connectivity index (χ3n) is 3.33. The van der Waals surface area contributed by atoms with Crippen LogP contribution in [0.15, 0.2) is 41.3 Å². The minimum absolute atomic E-state index is 0.0711. The zero-order chi connectivity index (χ0) is 16.5. The van der Waals surface area contributed by atoms with E-state index < -0.39 is 22.0 Å². The average molecular weight is 322 g/mol. The van der Waals surface area contributed by atoms with E-state index in [0.717, 1.165) is 11.1 Å². The Kier molecular flexibility index (Phi) is 4.39. The number of sulfonamides is 1. The number of carboxylic acids is 1. The highest BCUT2D eigenvalue weighted by Crippen LogP contribution is 2.30. The molecule has 2 aromatic carbocycles. The van der Waals surface area contributed by atoms with E-state index in [9.17, 15) is 13.2 Å². The van der Waals surface area contributed by atoms with Crippen molar-refractivity contribution < 1.29 is 18.3 Å². The summed E-state index contributed by atoms with van der Waals surface area (Å²) in [6.45, 7) is 1.29. The second-order valence-corrected chi connectivity index (χ2v) is 6.89. The summed E-state index contributed by atoms with van der Waals surface area (Å²) in [6.07, 6.45) is 0. The lowest BCUT2D eigenvalue weighted by atomic mass is 10.1. The topological polar surface area (TPSA) is 86.7 Å². The molecule has 22 heavy (non-hydrogen) atoms. The Labute approximate surface area is 129 Å². The fraction of sp³-hybridized carbons (Fsp3) is 0.267. The molecule has 0 amide bonds.